The highest BCUT2D eigenvalue weighted by Crippen LogP contribution is 2.18. The maximum absolute atomic E-state index is 12.1. The Hall–Kier alpha value is -1.92. The molecule has 1 rings (SSSR count). The Labute approximate surface area is 122 Å². The minimum absolute atomic E-state index is 0.191. The summed E-state index contributed by atoms with van der Waals surface area (Å²) >= 11 is 0. The van der Waals surface area contributed by atoms with Gasteiger partial charge < -0.3 is 15.0 Å². The molecule has 118 valence electrons. The van der Waals surface area contributed by atoms with Crippen LogP contribution in [0.3, 0.4) is 0 Å². The SMILES string of the molecule is CN=C(NCCC(F)(F)F)N(C)Cc1ccc(OC)cc1. The molecule has 7 heteroatoms. The summed E-state index contributed by atoms with van der Waals surface area (Å²) in [6.07, 6.45) is -5.05. The van der Waals surface area contributed by atoms with Gasteiger partial charge >= 0.3 is 6.18 Å². The monoisotopic (exact) mass is 303 g/mol. The molecule has 4 nitrogen and oxygen atoms in total. The van der Waals surface area contributed by atoms with E-state index in [1.807, 2.05) is 24.3 Å². The van der Waals surface area contributed by atoms with Gasteiger partial charge in [-0.15, -0.1) is 0 Å². The largest absolute Gasteiger partial charge is 0.497 e. The molecule has 1 aromatic carbocycles. The van der Waals surface area contributed by atoms with Gasteiger partial charge in [0.1, 0.15) is 5.75 Å². The Kier molecular flexibility index (Phi) is 6.33. The quantitative estimate of drug-likeness (QED) is 0.671. The fraction of sp³-hybridized carbons (Fsp3) is 0.500. The Balaban J connectivity index is 2.52. The summed E-state index contributed by atoms with van der Waals surface area (Å²) in [5.74, 6) is 1.18. The lowest BCUT2D eigenvalue weighted by Crippen LogP contribution is -2.39. The molecule has 0 aliphatic carbocycles. The van der Waals surface area contributed by atoms with E-state index in [9.17, 15) is 13.2 Å². The summed E-state index contributed by atoms with van der Waals surface area (Å²) < 4.78 is 41.4. The lowest BCUT2D eigenvalue weighted by Gasteiger charge is -2.22. The summed E-state index contributed by atoms with van der Waals surface area (Å²) in [4.78, 5) is 5.74. The van der Waals surface area contributed by atoms with E-state index in [0.717, 1.165) is 11.3 Å². The topological polar surface area (TPSA) is 36.9 Å². The third-order valence-corrected chi connectivity index (χ3v) is 2.84. The predicted octanol–water partition coefficient (Wildman–Crippen LogP) is 2.65. The van der Waals surface area contributed by atoms with E-state index >= 15 is 0 Å². The zero-order valence-electron chi connectivity index (χ0n) is 12.4. The van der Waals surface area contributed by atoms with Crippen LogP contribution in [0.2, 0.25) is 0 Å². The molecule has 0 saturated heterocycles. The number of benzene rings is 1. The Morgan fingerprint density at radius 3 is 2.38 bits per heavy atom. The second-order valence-corrected chi connectivity index (χ2v) is 4.54. The van der Waals surface area contributed by atoms with E-state index < -0.39 is 12.6 Å². The molecule has 0 amide bonds. The Morgan fingerprint density at radius 1 is 1.29 bits per heavy atom. The van der Waals surface area contributed by atoms with Crippen LogP contribution < -0.4 is 10.1 Å². The number of nitrogens with one attached hydrogen (secondary N) is 1. The standard InChI is InChI=1S/C14H20F3N3O/c1-18-13(19-9-8-14(15,16)17)20(2)10-11-4-6-12(21-3)7-5-11/h4-7H,8-10H2,1-3H3,(H,18,19). The fourth-order valence-corrected chi connectivity index (χ4v) is 1.78. The highest BCUT2D eigenvalue weighted by molar-refractivity contribution is 5.79. The van der Waals surface area contributed by atoms with Gasteiger partial charge in [-0.1, -0.05) is 12.1 Å². The molecule has 1 aromatic rings. The van der Waals surface area contributed by atoms with Gasteiger partial charge in [0.25, 0.3) is 0 Å². The molecule has 1 N–H and O–H groups in total. The lowest BCUT2D eigenvalue weighted by atomic mass is 10.2. The number of halogens is 3. The molecule has 0 unspecified atom stereocenters. The van der Waals surface area contributed by atoms with Gasteiger partial charge in [0.15, 0.2) is 5.96 Å². The molecule has 0 aromatic heterocycles. The van der Waals surface area contributed by atoms with Crippen molar-refractivity contribution in [3.05, 3.63) is 29.8 Å². The Morgan fingerprint density at radius 2 is 1.90 bits per heavy atom. The minimum Gasteiger partial charge on any atom is -0.497 e. The molecule has 0 saturated carbocycles. The van der Waals surface area contributed by atoms with Gasteiger partial charge in [0.2, 0.25) is 0 Å². The van der Waals surface area contributed by atoms with Crippen LogP contribution in [0.1, 0.15) is 12.0 Å². The molecule has 0 fully saturated rings. The number of methoxy groups -OCH3 is 1. The van der Waals surface area contributed by atoms with Crippen molar-refractivity contribution in [2.75, 3.05) is 27.7 Å². The molecular formula is C14H20F3N3O. The first-order chi connectivity index (χ1) is 9.85. The van der Waals surface area contributed by atoms with Crippen molar-refractivity contribution < 1.29 is 17.9 Å². The van der Waals surface area contributed by atoms with E-state index in [4.69, 9.17) is 4.74 Å². The zero-order chi connectivity index (χ0) is 15.9. The lowest BCUT2D eigenvalue weighted by molar-refractivity contribution is -0.132. The van der Waals surface area contributed by atoms with Crippen LogP contribution in [0, 0.1) is 0 Å². The predicted molar refractivity (Wildman–Crippen MR) is 76.5 cm³/mol. The second-order valence-electron chi connectivity index (χ2n) is 4.54. The molecular weight excluding hydrogens is 283 g/mol. The van der Waals surface area contributed by atoms with Crippen molar-refractivity contribution in [2.24, 2.45) is 4.99 Å². The summed E-state index contributed by atoms with van der Waals surface area (Å²) in [5.41, 5.74) is 1.01. The molecule has 0 aliphatic rings. The summed E-state index contributed by atoms with van der Waals surface area (Å²) in [6.45, 7) is 0.346. The van der Waals surface area contributed by atoms with Crippen LogP contribution in [-0.4, -0.2) is 44.8 Å². The van der Waals surface area contributed by atoms with Crippen LogP contribution in [0.25, 0.3) is 0 Å². The van der Waals surface area contributed by atoms with E-state index in [1.54, 1.807) is 26.1 Å². The van der Waals surface area contributed by atoms with Gasteiger partial charge in [0, 0.05) is 27.2 Å². The Bertz CT molecular complexity index is 458. The van der Waals surface area contributed by atoms with Gasteiger partial charge in [-0.25, -0.2) is 0 Å². The molecule has 0 aliphatic heterocycles. The number of hydrogen-bond acceptors (Lipinski definition) is 2. The second kappa shape index (κ2) is 7.75. The first kappa shape index (κ1) is 17.1. The van der Waals surface area contributed by atoms with E-state index in [0.29, 0.717) is 12.5 Å². The van der Waals surface area contributed by atoms with E-state index in [1.165, 1.54) is 0 Å². The first-order valence-corrected chi connectivity index (χ1v) is 6.47. The van der Waals surface area contributed by atoms with Gasteiger partial charge in [-0.3, -0.25) is 4.99 Å². The smallest absolute Gasteiger partial charge is 0.390 e. The van der Waals surface area contributed by atoms with E-state index in [2.05, 4.69) is 10.3 Å². The maximum atomic E-state index is 12.1. The van der Waals surface area contributed by atoms with Crippen molar-refractivity contribution in [2.45, 2.75) is 19.1 Å². The van der Waals surface area contributed by atoms with Crippen LogP contribution in [0.4, 0.5) is 13.2 Å². The minimum atomic E-state index is -4.17. The number of hydrogen-bond donors (Lipinski definition) is 1. The summed E-state index contributed by atoms with van der Waals surface area (Å²) in [7, 11) is 4.90. The first-order valence-electron chi connectivity index (χ1n) is 6.47. The van der Waals surface area contributed by atoms with Crippen LogP contribution in [0.5, 0.6) is 5.75 Å². The van der Waals surface area contributed by atoms with Crippen LogP contribution >= 0.6 is 0 Å². The molecule has 21 heavy (non-hydrogen) atoms. The molecule has 0 radical (unpaired) electrons. The molecule has 0 atom stereocenters. The molecule has 0 bridgehead atoms. The third-order valence-electron chi connectivity index (χ3n) is 2.84. The maximum Gasteiger partial charge on any atom is 0.390 e. The summed E-state index contributed by atoms with van der Waals surface area (Å²) in [5, 5.41) is 2.70. The average Bonchev–Trinajstić information content (AvgIpc) is 2.43. The highest BCUT2D eigenvalue weighted by atomic mass is 19.4. The van der Waals surface area contributed by atoms with Crippen molar-refractivity contribution in [1.82, 2.24) is 10.2 Å². The molecule has 0 spiro atoms. The number of nitrogens with zero attached hydrogens (tertiary/aromatic N) is 2. The number of rotatable bonds is 5. The van der Waals surface area contributed by atoms with Gasteiger partial charge in [0.05, 0.1) is 13.5 Å². The highest BCUT2D eigenvalue weighted by Gasteiger charge is 2.26. The zero-order valence-corrected chi connectivity index (χ0v) is 12.4. The average molecular weight is 303 g/mol. The number of aliphatic imine (C=N–C) groups is 1. The van der Waals surface area contributed by atoms with Crippen LogP contribution in [-0.2, 0) is 6.54 Å². The van der Waals surface area contributed by atoms with Crippen molar-refractivity contribution in [3.63, 3.8) is 0 Å². The fourth-order valence-electron chi connectivity index (χ4n) is 1.78. The number of ether oxygens (including phenoxy) is 1. The number of guanidine groups is 1. The molecule has 0 heterocycles. The van der Waals surface area contributed by atoms with Crippen molar-refractivity contribution in [1.29, 1.82) is 0 Å². The van der Waals surface area contributed by atoms with Crippen molar-refractivity contribution in [3.8, 4) is 5.75 Å². The van der Waals surface area contributed by atoms with Crippen LogP contribution in [0.15, 0.2) is 29.3 Å². The number of alkyl halides is 3. The van der Waals surface area contributed by atoms with Crippen molar-refractivity contribution >= 4 is 5.96 Å². The van der Waals surface area contributed by atoms with Gasteiger partial charge in [-0.05, 0) is 17.7 Å². The normalized spacial score (nSPS) is 12.2. The van der Waals surface area contributed by atoms with Gasteiger partial charge in [-0.2, -0.15) is 13.2 Å². The third kappa shape index (κ3) is 6.37. The summed E-state index contributed by atoms with van der Waals surface area (Å²) in [6, 6.07) is 7.47. The van der Waals surface area contributed by atoms with E-state index in [-0.39, 0.29) is 6.54 Å².